The van der Waals surface area contributed by atoms with Gasteiger partial charge in [-0.3, -0.25) is 9.36 Å². The van der Waals surface area contributed by atoms with Gasteiger partial charge in [-0.25, -0.2) is 19.9 Å². The first-order chi connectivity index (χ1) is 42.6. The molecule has 20 nitrogen and oxygen atoms in total. The minimum absolute atomic E-state index is 0.342. The van der Waals surface area contributed by atoms with Crippen LogP contribution in [0.2, 0.25) is 0 Å². The minimum atomic E-state index is 0.342. The molecule has 92 heavy (non-hydrogen) atoms. The Morgan fingerprint density at radius 3 is 1.05 bits per heavy atom. The highest BCUT2D eigenvalue weighted by Gasteiger charge is 2.17. The number of hydrogen-bond donors (Lipinski definition) is 0. The Kier molecular flexibility index (Phi) is 38.9. The van der Waals surface area contributed by atoms with Crippen LogP contribution in [0.25, 0.3) is 0 Å². The zero-order valence-corrected chi connectivity index (χ0v) is 62.3. The number of aryl methyl sites for hydroxylation is 6. The fourth-order valence-electron chi connectivity index (χ4n) is 8.05. The molecular weight excluding hydrogens is 1150 g/mol. The second kappa shape index (κ2) is 42.8. The number of aromatic nitrogens is 12. The van der Waals surface area contributed by atoms with E-state index >= 15 is 0 Å². The van der Waals surface area contributed by atoms with Crippen molar-refractivity contribution in [3.05, 3.63) is 86.6 Å². The highest BCUT2D eigenvalue weighted by molar-refractivity contribution is 5.98. The summed E-state index contributed by atoms with van der Waals surface area (Å²) in [5, 5.41) is 38.7. The Labute approximate surface area is 557 Å². The summed E-state index contributed by atoms with van der Waals surface area (Å²) in [6.07, 6.45) is 41.8. The molecule has 8 heterocycles. The topological polar surface area (TPSA) is 241 Å². The van der Waals surface area contributed by atoms with E-state index in [4.69, 9.17) is 17.7 Å². The van der Waals surface area contributed by atoms with Crippen molar-refractivity contribution in [2.24, 2.45) is 63.7 Å². The molecule has 0 spiro atoms. The first-order valence-corrected chi connectivity index (χ1v) is 33.7. The predicted octanol–water partition coefficient (Wildman–Crippen LogP) is 19.7. The van der Waals surface area contributed by atoms with Crippen molar-refractivity contribution in [3.8, 4) is 0 Å². The van der Waals surface area contributed by atoms with Gasteiger partial charge in [0.2, 0.25) is 24.6 Å². The average molecular weight is 1280 g/mol. The third-order valence-corrected chi connectivity index (χ3v) is 13.7. The molecule has 0 bridgehead atoms. The highest BCUT2D eigenvalue weighted by atomic mass is 16.4. The Morgan fingerprint density at radius 1 is 0.359 bits per heavy atom. The number of rotatable bonds is 20. The third-order valence-electron chi connectivity index (χ3n) is 13.7. The molecular formula is C72H128N16O4. The molecule has 0 fully saturated rings. The van der Waals surface area contributed by atoms with Gasteiger partial charge in [-0.05, 0) is 133 Å². The molecule has 0 radical (unpaired) electrons. The summed E-state index contributed by atoms with van der Waals surface area (Å²) in [6.45, 7) is 55.7. The van der Waals surface area contributed by atoms with Gasteiger partial charge >= 0.3 is 0 Å². The summed E-state index contributed by atoms with van der Waals surface area (Å²) < 4.78 is 24.0. The van der Waals surface area contributed by atoms with Gasteiger partial charge in [-0.2, -0.15) is 30.6 Å². The monoisotopic (exact) mass is 1280 g/mol. The van der Waals surface area contributed by atoms with Crippen LogP contribution in [0.4, 0.5) is 0 Å². The summed E-state index contributed by atoms with van der Waals surface area (Å²) in [7, 11) is 0. The van der Waals surface area contributed by atoms with Gasteiger partial charge in [0.25, 0.3) is 0 Å². The first kappa shape index (κ1) is 83.7. The fraction of sp³-hybridized carbons (Fsp3) is 0.750. The van der Waals surface area contributed by atoms with Gasteiger partial charge in [-0.1, -0.05) is 166 Å². The van der Waals surface area contributed by atoms with Gasteiger partial charge < -0.3 is 17.7 Å². The van der Waals surface area contributed by atoms with E-state index in [0.717, 1.165) is 120 Å². The Balaban J connectivity index is 0.000000526. The standard InChI is InChI=1S/C10H18N2.C10H17NO.C9H17N3.C9H16N2O.C9H16N2.C9H15NO.C8H15N3.C8H14N2O/c1-10(2,3)7-4-5-9-6-8-11-12-9;1-10(2,3)6-4-5-9-11-7-8-12-9;1-9(2,3)5-4-6-12-8-10-7-11-12;1-9(2,3)6-4-5-8-11-10-7-12-8;1-9(2,3)6-4-8-5-7-10-11-8;1-9(2,3)5-4-8-10-6-7-11-8;1-8(2,3)4-5-11-7-9-6-10-11;1-8(2,3)5-4-7-10-9-6-11-7/h8H,4-7H2,1-3H3;2*7-8H,4-6H2,1-3H3;7H,4-6H2,1-3H3;7H,4-6H2,1-3H3;2*6-7H,4-5H2,1-3H3;6H,4-5H2,1-3H3. The first-order valence-electron chi connectivity index (χ1n) is 33.7. The molecule has 20 heteroatoms. The Morgan fingerprint density at radius 2 is 0.707 bits per heavy atom. The van der Waals surface area contributed by atoms with Gasteiger partial charge in [0.1, 0.15) is 37.8 Å². The third kappa shape index (κ3) is 55.3. The zero-order chi connectivity index (χ0) is 69.4. The lowest BCUT2D eigenvalue weighted by Crippen LogP contribution is -2.10. The SMILES string of the molecule is CC(C)(C)CCC1=NN=CC1.CC(C)(C)CCCC1=NN=CC1.CC(C)(C)CCCc1ncco1.CC(C)(C)CCCc1nnco1.CC(C)(C)CCCn1cncn1.CC(C)(C)CCc1ncco1.CC(C)(C)CCc1nnco1.CC(C)(C)CCn1cncn1. The normalized spacial score (nSPS) is 13.2. The Bertz CT molecular complexity index is 2530. The van der Waals surface area contributed by atoms with Crippen molar-refractivity contribution < 1.29 is 17.7 Å². The summed E-state index contributed by atoms with van der Waals surface area (Å²) in [5.74, 6) is 3.19. The molecule has 0 aliphatic carbocycles. The molecule has 6 aromatic heterocycles. The largest absolute Gasteiger partial charge is 0.449 e. The molecule has 0 unspecified atom stereocenters. The van der Waals surface area contributed by atoms with Crippen molar-refractivity contribution in [1.82, 2.24) is 59.9 Å². The van der Waals surface area contributed by atoms with Crippen LogP contribution >= 0.6 is 0 Å². The molecule has 0 saturated carbocycles. The number of hydrogen-bond acceptors (Lipinski definition) is 18. The fourth-order valence-corrected chi connectivity index (χ4v) is 8.05. The summed E-state index contributed by atoms with van der Waals surface area (Å²) >= 11 is 0. The van der Waals surface area contributed by atoms with Crippen LogP contribution < -0.4 is 0 Å². The molecule has 0 atom stereocenters. The van der Waals surface area contributed by atoms with Crippen LogP contribution in [0.1, 0.15) is 292 Å². The van der Waals surface area contributed by atoms with Gasteiger partial charge in [0.15, 0.2) is 11.8 Å². The van der Waals surface area contributed by atoms with Crippen LogP contribution in [0.5, 0.6) is 0 Å². The second-order valence-electron chi connectivity index (χ2n) is 33.6. The summed E-state index contributed by atoms with van der Waals surface area (Å²) in [4.78, 5) is 15.9. The quantitative estimate of drug-likeness (QED) is 0.0691. The minimum Gasteiger partial charge on any atom is -0.449 e. The van der Waals surface area contributed by atoms with E-state index in [1.165, 1.54) is 69.2 Å². The van der Waals surface area contributed by atoms with E-state index in [1.54, 1.807) is 50.2 Å². The van der Waals surface area contributed by atoms with Crippen molar-refractivity contribution >= 4 is 23.9 Å². The van der Waals surface area contributed by atoms with Crippen LogP contribution in [0.3, 0.4) is 0 Å². The Hall–Kier alpha value is -6.34. The molecule has 0 aromatic carbocycles. The maximum absolute atomic E-state index is 5.14. The van der Waals surface area contributed by atoms with Gasteiger partial charge in [0, 0.05) is 75.5 Å². The van der Waals surface area contributed by atoms with Gasteiger partial charge in [0.05, 0.1) is 12.4 Å². The van der Waals surface area contributed by atoms with E-state index in [-0.39, 0.29) is 0 Å². The van der Waals surface area contributed by atoms with Crippen molar-refractivity contribution in [3.63, 3.8) is 0 Å². The van der Waals surface area contributed by atoms with Crippen LogP contribution in [0, 0.1) is 43.3 Å². The van der Waals surface area contributed by atoms with E-state index < -0.39 is 0 Å². The maximum Gasteiger partial charge on any atom is 0.216 e. The van der Waals surface area contributed by atoms with Gasteiger partial charge in [-0.15, -0.1) is 20.4 Å². The maximum atomic E-state index is 5.14. The molecule has 0 saturated heterocycles. The molecule has 2 aliphatic heterocycles. The lowest BCUT2D eigenvalue weighted by Gasteiger charge is -2.17. The van der Waals surface area contributed by atoms with E-state index in [1.807, 2.05) is 21.8 Å². The second-order valence-corrected chi connectivity index (χ2v) is 33.6. The molecule has 0 N–H and O–H groups in total. The van der Waals surface area contributed by atoms with Crippen molar-refractivity contribution in [2.45, 2.75) is 308 Å². The van der Waals surface area contributed by atoms with E-state index in [9.17, 15) is 0 Å². The van der Waals surface area contributed by atoms with Crippen LogP contribution in [0.15, 0.2) is 101 Å². The summed E-state index contributed by atoms with van der Waals surface area (Å²) in [5.41, 5.74) is 5.71. The molecule has 0 amide bonds. The number of nitrogens with zero attached hydrogens (tertiary/aromatic N) is 16. The number of oxazole rings is 2. The highest BCUT2D eigenvalue weighted by Crippen LogP contribution is 2.26. The molecule has 8 rings (SSSR count). The lowest BCUT2D eigenvalue weighted by atomic mass is 9.89. The summed E-state index contributed by atoms with van der Waals surface area (Å²) in [6, 6.07) is 0. The van der Waals surface area contributed by atoms with Crippen LogP contribution in [-0.2, 0) is 38.8 Å². The lowest BCUT2D eigenvalue weighted by molar-refractivity contribution is 0.341. The predicted molar refractivity (Wildman–Crippen MR) is 378 cm³/mol. The van der Waals surface area contributed by atoms with Crippen molar-refractivity contribution in [1.29, 1.82) is 0 Å². The van der Waals surface area contributed by atoms with Crippen molar-refractivity contribution in [2.75, 3.05) is 0 Å². The molecule has 6 aromatic rings. The van der Waals surface area contributed by atoms with E-state index in [0.29, 0.717) is 43.3 Å². The average Bonchev–Trinajstić information content (AvgIpc) is 4.45. The molecule has 520 valence electrons. The van der Waals surface area contributed by atoms with E-state index in [2.05, 4.69) is 237 Å². The zero-order valence-electron chi connectivity index (χ0n) is 62.3. The molecule has 2 aliphatic rings. The van der Waals surface area contributed by atoms with Crippen LogP contribution in [-0.4, -0.2) is 83.7 Å². The smallest absolute Gasteiger partial charge is 0.216 e.